The fourth-order valence-electron chi connectivity index (χ4n) is 4.72. The molecule has 4 aromatic carbocycles. The molecule has 1 aromatic heterocycles. The van der Waals surface area contributed by atoms with E-state index >= 15 is 0 Å². The number of aldehydes is 1. The summed E-state index contributed by atoms with van der Waals surface area (Å²) in [6.07, 6.45) is 4.23. The lowest BCUT2D eigenvalue weighted by Gasteiger charge is -2.14. The molecule has 0 spiro atoms. The summed E-state index contributed by atoms with van der Waals surface area (Å²) in [5, 5.41) is 3.78. The number of benzene rings is 4. The van der Waals surface area contributed by atoms with E-state index in [2.05, 4.69) is 48.6 Å². The summed E-state index contributed by atoms with van der Waals surface area (Å²) in [4.78, 5) is 22.7. The van der Waals surface area contributed by atoms with Gasteiger partial charge < -0.3 is 14.5 Å². The molecular weight excluding hydrogens is 486 g/mol. The lowest BCUT2D eigenvalue weighted by Crippen LogP contribution is -2.13. The SMILES string of the molecule is CCCCc1oc2ccccc2c1Cc1ccc(-c2ccc(NC(=O)C=O)c(OCc3ccccc3)c2)cc1. The molecule has 0 aliphatic carbocycles. The first-order chi connectivity index (χ1) is 19.1. The van der Waals surface area contributed by atoms with Gasteiger partial charge in [0.15, 0.2) is 0 Å². The lowest BCUT2D eigenvalue weighted by atomic mass is 9.97. The van der Waals surface area contributed by atoms with Gasteiger partial charge in [0.1, 0.15) is 23.7 Å². The molecule has 0 atom stereocenters. The topological polar surface area (TPSA) is 68.5 Å². The van der Waals surface area contributed by atoms with Gasteiger partial charge in [-0.3, -0.25) is 9.59 Å². The maximum atomic E-state index is 11.8. The van der Waals surface area contributed by atoms with E-state index in [4.69, 9.17) is 9.15 Å². The summed E-state index contributed by atoms with van der Waals surface area (Å²) in [5.74, 6) is 0.859. The van der Waals surface area contributed by atoms with Gasteiger partial charge in [0.25, 0.3) is 5.91 Å². The van der Waals surface area contributed by atoms with E-state index in [1.165, 1.54) is 16.5 Å². The summed E-state index contributed by atoms with van der Waals surface area (Å²) in [6.45, 7) is 2.54. The van der Waals surface area contributed by atoms with E-state index in [0.717, 1.165) is 53.7 Å². The van der Waals surface area contributed by atoms with E-state index in [-0.39, 0.29) is 6.29 Å². The molecule has 5 heteroatoms. The van der Waals surface area contributed by atoms with Gasteiger partial charge in [-0.1, -0.05) is 92.2 Å². The van der Waals surface area contributed by atoms with Crippen LogP contribution in [0.1, 0.15) is 42.2 Å². The van der Waals surface area contributed by atoms with E-state index in [0.29, 0.717) is 18.0 Å². The molecule has 0 radical (unpaired) electrons. The van der Waals surface area contributed by atoms with E-state index in [1.807, 2.05) is 54.6 Å². The molecule has 0 aliphatic rings. The van der Waals surface area contributed by atoms with Crippen LogP contribution in [0, 0.1) is 0 Å². The Morgan fingerprint density at radius 3 is 2.38 bits per heavy atom. The zero-order valence-electron chi connectivity index (χ0n) is 22.0. The Balaban J connectivity index is 1.39. The molecule has 1 heterocycles. The minimum atomic E-state index is -0.721. The predicted molar refractivity (Wildman–Crippen MR) is 155 cm³/mol. The van der Waals surface area contributed by atoms with Gasteiger partial charge in [0.05, 0.1) is 5.69 Å². The van der Waals surface area contributed by atoms with E-state index < -0.39 is 5.91 Å². The Morgan fingerprint density at radius 1 is 0.872 bits per heavy atom. The number of rotatable bonds is 11. The second kappa shape index (κ2) is 12.3. The average molecular weight is 518 g/mol. The number of carbonyl (C=O) groups excluding carboxylic acids is 2. The van der Waals surface area contributed by atoms with Crippen molar-refractivity contribution in [2.75, 3.05) is 5.32 Å². The van der Waals surface area contributed by atoms with E-state index in [9.17, 15) is 9.59 Å². The smallest absolute Gasteiger partial charge is 0.288 e. The van der Waals surface area contributed by atoms with Crippen molar-refractivity contribution in [2.45, 2.75) is 39.2 Å². The Labute approximate surface area is 228 Å². The summed E-state index contributed by atoms with van der Waals surface area (Å²) < 4.78 is 12.3. The number of ether oxygens (including phenoxy) is 1. The van der Waals surface area contributed by atoms with Crippen molar-refractivity contribution in [2.24, 2.45) is 0 Å². The molecule has 0 saturated carbocycles. The number of nitrogens with one attached hydrogen (secondary N) is 1. The van der Waals surface area contributed by atoms with Crippen LogP contribution in [-0.2, 0) is 29.0 Å². The number of anilines is 1. The van der Waals surface area contributed by atoms with Crippen LogP contribution in [0.15, 0.2) is 101 Å². The first kappa shape index (κ1) is 26.0. The monoisotopic (exact) mass is 517 g/mol. The second-order valence-corrected chi connectivity index (χ2v) is 9.57. The van der Waals surface area contributed by atoms with Crippen LogP contribution in [0.2, 0.25) is 0 Å². The number of carbonyl (C=O) groups is 2. The van der Waals surface area contributed by atoms with Crippen LogP contribution < -0.4 is 10.1 Å². The molecule has 0 saturated heterocycles. The highest BCUT2D eigenvalue weighted by Gasteiger charge is 2.15. The van der Waals surface area contributed by atoms with Gasteiger partial charge in [-0.2, -0.15) is 0 Å². The summed E-state index contributed by atoms with van der Waals surface area (Å²) >= 11 is 0. The molecule has 196 valence electrons. The number of hydrogen-bond donors (Lipinski definition) is 1. The van der Waals surface area contributed by atoms with Crippen molar-refractivity contribution in [1.29, 1.82) is 0 Å². The Kier molecular flexibility index (Phi) is 8.18. The highest BCUT2D eigenvalue weighted by molar-refractivity contribution is 6.29. The number of fused-ring (bicyclic) bond motifs is 1. The molecule has 0 fully saturated rings. The van der Waals surface area contributed by atoms with Crippen LogP contribution in [0.3, 0.4) is 0 Å². The van der Waals surface area contributed by atoms with E-state index in [1.54, 1.807) is 6.07 Å². The number of hydrogen-bond acceptors (Lipinski definition) is 4. The molecule has 1 N–H and O–H groups in total. The maximum absolute atomic E-state index is 11.8. The molecular formula is C34H31NO4. The van der Waals surface area contributed by atoms with Gasteiger partial charge in [-0.05, 0) is 46.9 Å². The molecule has 0 unspecified atom stereocenters. The molecule has 5 aromatic rings. The summed E-state index contributed by atoms with van der Waals surface area (Å²) in [5.41, 5.74) is 6.85. The Morgan fingerprint density at radius 2 is 1.62 bits per heavy atom. The van der Waals surface area contributed by atoms with Crippen molar-refractivity contribution in [3.05, 3.63) is 120 Å². The molecule has 5 nitrogen and oxygen atoms in total. The van der Waals surface area contributed by atoms with Crippen LogP contribution in [0.25, 0.3) is 22.1 Å². The highest BCUT2D eigenvalue weighted by Crippen LogP contribution is 2.33. The van der Waals surface area contributed by atoms with Crippen molar-refractivity contribution in [1.82, 2.24) is 0 Å². The van der Waals surface area contributed by atoms with Crippen molar-refractivity contribution < 1.29 is 18.7 Å². The zero-order chi connectivity index (χ0) is 27.0. The first-order valence-corrected chi connectivity index (χ1v) is 13.3. The number of para-hydroxylation sites is 1. The van der Waals surface area contributed by atoms with Crippen molar-refractivity contribution >= 4 is 28.8 Å². The zero-order valence-corrected chi connectivity index (χ0v) is 22.0. The average Bonchev–Trinajstić information content (AvgIpc) is 3.33. The fraction of sp³-hybridized carbons (Fsp3) is 0.176. The molecule has 0 aliphatic heterocycles. The minimum absolute atomic E-state index is 0.254. The third-order valence-electron chi connectivity index (χ3n) is 6.79. The Hall–Kier alpha value is -4.64. The van der Waals surface area contributed by atoms with Crippen molar-refractivity contribution in [3.63, 3.8) is 0 Å². The van der Waals surface area contributed by atoms with Gasteiger partial charge in [0.2, 0.25) is 6.29 Å². The van der Waals surface area contributed by atoms with Gasteiger partial charge in [0, 0.05) is 23.8 Å². The third-order valence-corrected chi connectivity index (χ3v) is 6.79. The standard InChI is InChI=1S/C34H31NO4/c1-2-3-12-32-29(28-11-7-8-13-31(28)39-32)20-24-14-16-26(17-15-24)27-18-19-30(35-34(37)22-36)33(21-27)38-23-25-9-5-4-6-10-25/h4-11,13-19,21-22H,2-3,12,20,23H2,1H3,(H,35,37). The van der Waals surface area contributed by atoms with Crippen LogP contribution in [-0.4, -0.2) is 12.2 Å². The maximum Gasteiger partial charge on any atom is 0.288 e. The quantitative estimate of drug-likeness (QED) is 0.144. The third kappa shape index (κ3) is 6.27. The van der Waals surface area contributed by atoms with Gasteiger partial charge in [-0.15, -0.1) is 0 Å². The van der Waals surface area contributed by atoms with Crippen molar-refractivity contribution in [3.8, 4) is 16.9 Å². The highest BCUT2D eigenvalue weighted by atomic mass is 16.5. The normalized spacial score (nSPS) is 10.9. The second-order valence-electron chi connectivity index (χ2n) is 9.57. The minimum Gasteiger partial charge on any atom is -0.487 e. The van der Waals surface area contributed by atoms with Crippen LogP contribution >= 0.6 is 0 Å². The Bertz CT molecular complexity index is 1570. The van der Waals surface area contributed by atoms with Gasteiger partial charge >= 0.3 is 0 Å². The lowest BCUT2D eigenvalue weighted by molar-refractivity contribution is -0.127. The molecule has 0 bridgehead atoms. The van der Waals surface area contributed by atoms with Gasteiger partial charge in [-0.25, -0.2) is 0 Å². The summed E-state index contributed by atoms with van der Waals surface area (Å²) in [7, 11) is 0. The number of aryl methyl sites for hydroxylation is 1. The predicted octanol–water partition coefficient (Wildman–Crippen LogP) is 7.75. The number of furan rings is 1. The summed E-state index contributed by atoms with van der Waals surface area (Å²) in [6, 6.07) is 32.1. The van der Waals surface area contributed by atoms with Crippen LogP contribution in [0.5, 0.6) is 5.75 Å². The molecule has 5 rings (SSSR count). The largest absolute Gasteiger partial charge is 0.487 e. The number of unbranched alkanes of at least 4 members (excludes halogenated alkanes) is 1. The molecule has 39 heavy (non-hydrogen) atoms. The van der Waals surface area contributed by atoms with Crippen LogP contribution in [0.4, 0.5) is 5.69 Å². The number of amides is 1. The molecule has 1 amide bonds. The first-order valence-electron chi connectivity index (χ1n) is 13.3. The fourth-order valence-corrected chi connectivity index (χ4v) is 4.72.